The molecule has 3 rings (SSSR count). The van der Waals surface area contributed by atoms with Crippen LogP contribution in [0.1, 0.15) is 41.3 Å². The molecular weight excluding hydrogens is 468 g/mol. The quantitative estimate of drug-likeness (QED) is 0.304. The van der Waals surface area contributed by atoms with Gasteiger partial charge in [0.25, 0.3) is 11.8 Å². The van der Waals surface area contributed by atoms with Crippen molar-refractivity contribution in [3.8, 4) is 11.5 Å². The van der Waals surface area contributed by atoms with E-state index in [-0.39, 0.29) is 9.88 Å². The number of aryl methyl sites for hydroxylation is 1. The number of benzene rings is 2. The zero-order chi connectivity index (χ0) is 23.3. The molecule has 0 saturated carbocycles. The van der Waals surface area contributed by atoms with Crippen molar-refractivity contribution in [3.05, 3.63) is 63.0 Å². The number of carbonyl (C=O) groups excluding carboxylic acids is 2. The molecule has 1 aliphatic heterocycles. The van der Waals surface area contributed by atoms with Gasteiger partial charge in [0.1, 0.15) is 0 Å². The summed E-state index contributed by atoms with van der Waals surface area (Å²) in [5.41, 5.74) is 4.48. The Morgan fingerprint density at radius 2 is 2.03 bits per heavy atom. The fourth-order valence-electron chi connectivity index (χ4n) is 2.90. The summed E-state index contributed by atoms with van der Waals surface area (Å²) >= 11 is 12.6. The zero-order valence-corrected chi connectivity index (χ0v) is 20.3. The summed E-state index contributed by atoms with van der Waals surface area (Å²) < 4.78 is 11.4. The van der Waals surface area contributed by atoms with E-state index in [1.807, 2.05) is 19.1 Å². The molecule has 0 spiro atoms. The molecule has 0 atom stereocenters. The maximum atomic E-state index is 12.9. The lowest BCUT2D eigenvalue weighted by Gasteiger charge is -2.16. The van der Waals surface area contributed by atoms with Crippen molar-refractivity contribution in [2.24, 2.45) is 0 Å². The van der Waals surface area contributed by atoms with Gasteiger partial charge in [-0.2, -0.15) is 5.01 Å². The summed E-state index contributed by atoms with van der Waals surface area (Å²) in [6.07, 6.45) is 3.68. The van der Waals surface area contributed by atoms with Gasteiger partial charge in [-0.05, 0) is 67.0 Å². The molecule has 168 valence electrons. The molecule has 6 nitrogen and oxygen atoms in total. The number of unbranched alkanes of at least 4 members (excludes halogenated alkanes) is 1. The van der Waals surface area contributed by atoms with Gasteiger partial charge in [0.05, 0.1) is 29.2 Å². The summed E-state index contributed by atoms with van der Waals surface area (Å²) in [6.45, 7) is 4.58. The number of methoxy groups -OCH3 is 1. The second-order valence-corrected chi connectivity index (χ2v) is 9.14. The van der Waals surface area contributed by atoms with Crippen LogP contribution in [0.2, 0.25) is 5.02 Å². The topological polar surface area (TPSA) is 67.9 Å². The number of carbonyl (C=O) groups is 2. The third-order valence-electron chi connectivity index (χ3n) is 4.62. The average Bonchev–Trinajstić information content (AvgIpc) is 3.01. The first-order valence-corrected chi connectivity index (χ1v) is 11.6. The van der Waals surface area contributed by atoms with Gasteiger partial charge in [0.15, 0.2) is 15.8 Å². The summed E-state index contributed by atoms with van der Waals surface area (Å²) in [6, 6.07) is 10.5. The number of hydrazine groups is 1. The van der Waals surface area contributed by atoms with Crippen LogP contribution in [-0.4, -0.2) is 34.9 Å². The summed E-state index contributed by atoms with van der Waals surface area (Å²) in [4.78, 5) is 25.9. The van der Waals surface area contributed by atoms with E-state index in [2.05, 4.69) is 12.3 Å². The van der Waals surface area contributed by atoms with E-state index < -0.39 is 11.8 Å². The molecule has 2 aromatic carbocycles. The highest BCUT2D eigenvalue weighted by Gasteiger charge is 2.34. The Labute approximate surface area is 201 Å². The minimum absolute atomic E-state index is 0.226. The number of nitrogens with zero attached hydrogens (tertiary/aromatic N) is 1. The maximum Gasteiger partial charge on any atom is 0.285 e. The number of ether oxygens (including phenoxy) is 2. The van der Waals surface area contributed by atoms with Crippen molar-refractivity contribution in [1.29, 1.82) is 0 Å². The van der Waals surface area contributed by atoms with Gasteiger partial charge >= 0.3 is 0 Å². The number of hydrogen-bond acceptors (Lipinski definition) is 6. The highest BCUT2D eigenvalue weighted by atomic mass is 35.5. The molecule has 1 N–H and O–H groups in total. The highest BCUT2D eigenvalue weighted by molar-refractivity contribution is 8.26. The summed E-state index contributed by atoms with van der Waals surface area (Å²) in [7, 11) is 1.57. The SMILES string of the molecule is CCCCOc1ccc(/C=C2\SC(=S)N(NC(=O)c3ccc(C)cc3Cl)C2=O)cc1OC. The predicted octanol–water partition coefficient (Wildman–Crippen LogP) is 5.38. The van der Waals surface area contributed by atoms with E-state index in [0.717, 1.165) is 40.7 Å². The van der Waals surface area contributed by atoms with E-state index in [4.69, 9.17) is 33.3 Å². The van der Waals surface area contributed by atoms with Gasteiger partial charge < -0.3 is 9.47 Å². The Kier molecular flexibility index (Phi) is 8.17. The molecule has 0 aromatic heterocycles. The third-order valence-corrected chi connectivity index (χ3v) is 6.23. The van der Waals surface area contributed by atoms with Crippen molar-refractivity contribution >= 4 is 57.8 Å². The largest absolute Gasteiger partial charge is 0.493 e. The lowest BCUT2D eigenvalue weighted by Crippen LogP contribution is -2.44. The van der Waals surface area contributed by atoms with Crippen molar-refractivity contribution in [2.75, 3.05) is 13.7 Å². The van der Waals surface area contributed by atoms with Crippen molar-refractivity contribution in [2.45, 2.75) is 26.7 Å². The van der Waals surface area contributed by atoms with E-state index in [0.29, 0.717) is 28.0 Å². The smallest absolute Gasteiger partial charge is 0.285 e. The molecule has 0 aliphatic carbocycles. The Bertz CT molecular complexity index is 1090. The molecular formula is C23H23ClN2O4S2. The fraction of sp³-hybridized carbons (Fsp3) is 0.261. The van der Waals surface area contributed by atoms with Crippen LogP contribution in [0.3, 0.4) is 0 Å². The summed E-state index contributed by atoms with van der Waals surface area (Å²) in [5.74, 6) is 0.294. The normalized spacial score (nSPS) is 14.8. The molecule has 0 bridgehead atoms. The highest BCUT2D eigenvalue weighted by Crippen LogP contribution is 2.34. The van der Waals surface area contributed by atoms with Crippen LogP contribution in [0.4, 0.5) is 0 Å². The van der Waals surface area contributed by atoms with Crippen LogP contribution < -0.4 is 14.9 Å². The Balaban J connectivity index is 1.75. The van der Waals surface area contributed by atoms with E-state index in [1.54, 1.807) is 37.5 Å². The van der Waals surface area contributed by atoms with Crippen LogP contribution in [0.25, 0.3) is 6.08 Å². The summed E-state index contributed by atoms with van der Waals surface area (Å²) in [5, 5.41) is 1.36. The van der Waals surface area contributed by atoms with Crippen LogP contribution in [0.5, 0.6) is 11.5 Å². The second kappa shape index (κ2) is 10.8. The minimum Gasteiger partial charge on any atom is -0.493 e. The average molecular weight is 491 g/mol. The number of halogens is 1. The van der Waals surface area contributed by atoms with Gasteiger partial charge in [-0.1, -0.05) is 48.8 Å². The molecule has 32 heavy (non-hydrogen) atoms. The van der Waals surface area contributed by atoms with Crippen molar-refractivity contribution in [3.63, 3.8) is 0 Å². The molecule has 9 heteroatoms. The van der Waals surface area contributed by atoms with Crippen LogP contribution in [-0.2, 0) is 4.79 Å². The van der Waals surface area contributed by atoms with Crippen LogP contribution in [0, 0.1) is 6.92 Å². The number of hydrogen-bond donors (Lipinski definition) is 1. The molecule has 2 amide bonds. The first-order valence-electron chi connectivity index (χ1n) is 10.00. The number of nitrogens with one attached hydrogen (secondary N) is 1. The zero-order valence-electron chi connectivity index (χ0n) is 17.9. The van der Waals surface area contributed by atoms with Gasteiger partial charge in [-0.25, -0.2) is 0 Å². The molecule has 1 fully saturated rings. The lowest BCUT2D eigenvalue weighted by molar-refractivity contribution is -0.123. The number of thiocarbonyl (C=S) groups is 1. The Morgan fingerprint density at radius 3 is 2.72 bits per heavy atom. The van der Waals surface area contributed by atoms with Gasteiger partial charge in [-0.3, -0.25) is 15.0 Å². The molecule has 1 saturated heterocycles. The number of amides is 2. The monoisotopic (exact) mass is 490 g/mol. The first kappa shape index (κ1) is 24.1. The van der Waals surface area contributed by atoms with Gasteiger partial charge in [0.2, 0.25) is 0 Å². The lowest BCUT2D eigenvalue weighted by atomic mass is 10.1. The van der Waals surface area contributed by atoms with Crippen LogP contribution >= 0.6 is 35.6 Å². The van der Waals surface area contributed by atoms with E-state index in [1.165, 1.54) is 0 Å². The molecule has 2 aromatic rings. The van der Waals surface area contributed by atoms with Crippen LogP contribution in [0.15, 0.2) is 41.3 Å². The first-order chi connectivity index (χ1) is 15.3. The Hall–Kier alpha value is -2.55. The number of rotatable bonds is 8. The van der Waals surface area contributed by atoms with Crippen molar-refractivity contribution in [1.82, 2.24) is 10.4 Å². The van der Waals surface area contributed by atoms with E-state index in [9.17, 15) is 9.59 Å². The minimum atomic E-state index is -0.511. The predicted molar refractivity (Wildman–Crippen MR) is 132 cm³/mol. The molecule has 1 heterocycles. The van der Waals surface area contributed by atoms with E-state index >= 15 is 0 Å². The Morgan fingerprint density at radius 1 is 1.25 bits per heavy atom. The van der Waals surface area contributed by atoms with Gasteiger partial charge in [0, 0.05) is 0 Å². The fourth-order valence-corrected chi connectivity index (χ4v) is 4.40. The van der Waals surface area contributed by atoms with Gasteiger partial charge in [-0.15, -0.1) is 0 Å². The maximum absolute atomic E-state index is 12.9. The number of thioether (sulfide) groups is 1. The molecule has 0 radical (unpaired) electrons. The second-order valence-electron chi connectivity index (χ2n) is 7.05. The standard InChI is InChI=1S/C23H23ClN2O4S2/c1-4-5-10-30-18-9-7-15(12-19(18)29-3)13-20-22(28)26(23(31)32-20)25-21(27)16-8-6-14(2)11-17(16)24/h6-9,11-13H,4-5,10H2,1-3H3,(H,25,27)/b20-13-. The third kappa shape index (κ3) is 5.62. The molecule has 0 unspecified atom stereocenters. The molecule has 1 aliphatic rings. The van der Waals surface area contributed by atoms with Crippen molar-refractivity contribution < 1.29 is 19.1 Å².